The molecule has 0 aliphatic rings. The second-order valence-corrected chi connectivity index (χ2v) is 6.79. The van der Waals surface area contributed by atoms with Crippen molar-refractivity contribution in [2.45, 2.75) is 25.1 Å². The van der Waals surface area contributed by atoms with Crippen LogP contribution in [0.2, 0.25) is 0 Å². The van der Waals surface area contributed by atoms with E-state index >= 15 is 0 Å². The van der Waals surface area contributed by atoms with Crippen molar-refractivity contribution in [1.29, 1.82) is 0 Å². The first-order chi connectivity index (χ1) is 7.67. The highest BCUT2D eigenvalue weighted by Gasteiger charge is 2.06. The number of hydrogen-bond donors (Lipinski definition) is 1. The third-order valence-corrected chi connectivity index (χ3v) is 5.31. The maximum absolute atomic E-state index is 5.23. The lowest BCUT2D eigenvalue weighted by Gasteiger charge is -2.07. The summed E-state index contributed by atoms with van der Waals surface area (Å²) in [5, 5.41) is 5.14. The molecule has 0 bridgehead atoms. The molecule has 1 rings (SSSR count). The van der Waals surface area contributed by atoms with E-state index in [1.54, 1.807) is 18.4 Å². The van der Waals surface area contributed by atoms with Crippen molar-refractivity contribution in [3.63, 3.8) is 0 Å². The Kier molecular flexibility index (Phi) is 6.80. The lowest BCUT2D eigenvalue weighted by molar-refractivity contribution is 0.425. The van der Waals surface area contributed by atoms with Crippen molar-refractivity contribution in [1.82, 2.24) is 5.32 Å². The Morgan fingerprint density at radius 2 is 2.38 bits per heavy atom. The van der Waals surface area contributed by atoms with Crippen molar-refractivity contribution in [2.24, 2.45) is 0 Å². The average Bonchev–Trinajstić information content (AvgIpc) is 2.64. The van der Waals surface area contributed by atoms with Gasteiger partial charge in [0.2, 0.25) is 0 Å². The molecule has 1 atom stereocenters. The highest BCUT2D eigenvalue weighted by atomic mass is 79.9. The maximum atomic E-state index is 5.23. The molecule has 92 valence electrons. The Bertz CT molecular complexity index is 317. The third-order valence-electron chi connectivity index (χ3n) is 2.32. The molecular weight excluding hydrogens is 306 g/mol. The normalized spacial score (nSPS) is 12.8. The highest BCUT2D eigenvalue weighted by Crippen LogP contribution is 2.34. The van der Waals surface area contributed by atoms with Gasteiger partial charge in [-0.3, -0.25) is 0 Å². The predicted octanol–water partition coefficient (Wildman–Crippen LogP) is 3.75. The average molecular weight is 324 g/mol. The van der Waals surface area contributed by atoms with Gasteiger partial charge in [-0.25, -0.2) is 0 Å². The molecule has 1 aromatic rings. The van der Waals surface area contributed by atoms with Crippen LogP contribution in [0, 0.1) is 0 Å². The quantitative estimate of drug-likeness (QED) is 0.772. The van der Waals surface area contributed by atoms with Crippen LogP contribution in [-0.4, -0.2) is 25.2 Å². The summed E-state index contributed by atoms with van der Waals surface area (Å²) in [6.07, 6.45) is 3.37. The molecule has 0 saturated heterocycles. The molecule has 0 amide bonds. The Labute approximate surface area is 114 Å². The molecule has 1 aromatic heterocycles. The zero-order valence-corrected chi connectivity index (χ0v) is 13.1. The number of ether oxygens (including phenoxy) is 1. The summed E-state index contributed by atoms with van der Waals surface area (Å²) in [6.45, 7) is 4.25. The molecule has 16 heavy (non-hydrogen) atoms. The van der Waals surface area contributed by atoms with E-state index in [-0.39, 0.29) is 0 Å². The standard InChI is InChI=1S/C11H18BrNOS2/c1-8(15-3)4-5-13-7-9-6-10(12)11(14-2)16-9/h6,8,13H,4-5,7H2,1-3H3. The third kappa shape index (κ3) is 4.65. The number of methoxy groups -OCH3 is 1. The van der Waals surface area contributed by atoms with Crippen molar-refractivity contribution in [3.05, 3.63) is 15.4 Å². The minimum Gasteiger partial charge on any atom is -0.486 e. The van der Waals surface area contributed by atoms with Crippen LogP contribution in [0.25, 0.3) is 0 Å². The van der Waals surface area contributed by atoms with Crippen molar-refractivity contribution in [3.8, 4) is 5.06 Å². The minimum atomic E-state index is 0.733. The molecule has 0 aliphatic carbocycles. The number of rotatable bonds is 7. The Balaban J connectivity index is 2.26. The zero-order valence-electron chi connectivity index (χ0n) is 9.88. The summed E-state index contributed by atoms with van der Waals surface area (Å²) in [5.74, 6) is 0. The lowest BCUT2D eigenvalue weighted by atomic mass is 10.3. The number of nitrogens with one attached hydrogen (secondary N) is 1. The van der Waals surface area contributed by atoms with E-state index in [1.165, 1.54) is 11.3 Å². The number of hydrogen-bond acceptors (Lipinski definition) is 4. The molecule has 5 heteroatoms. The summed E-state index contributed by atoms with van der Waals surface area (Å²) >= 11 is 7.08. The maximum Gasteiger partial charge on any atom is 0.188 e. The van der Waals surface area contributed by atoms with Crippen LogP contribution in [0.4, 0.5) is 0 Å². The fraction of sp³-hybridized carbons (Fsp3) is 0.636. The molecule has 1 unspecified atom stereocenters. The van der Waals surface area contributed by atoms with Gasteiger partial charge in [0.15, 0.2) is 5.06 Å². The van der Waals surface area contributed by atoms with Gasteiger partial charge in [-0.15, -0.1) is 11.3 Å². The topological polar surface area (TPSA) is 21.3 Å². The van der Waals surface area contributed by atoms with E-state index in [0.29, 0.717) is 0 Å². The molecule has 0 spiro atoms. The Morgan fingerprint density at radius 3 is 2.94 bits per heavy atom. The SMILES string of the molecule is COc1sc(CNCCC(C)SC)cc1Br. The molecule has 0 aromatic carbocycles. The fourth-order valence-electron chi connectivity index (χ4n) is 1.26. The zero-order chi connectivity index (χ0) is 12.0. The number of thiophene rings is 1. The van der Waals surface area contributed by atoms with Crippen LogP contribution >= 0.6 is 39.0 Å². The smallest absolute Gasteiger partial charge is 0.188 e. The molecule has 0 saturated carbocycles. The molecule has 0 aliphatic heterocycles. The van der Waals surface area contributed by atoms with Gasteiger partial charge in [0.1, 0.15) is 0 Å². The van der Waals surface area contributed by atoms with Crippen molar-refractivity contribution >= 4 is 39.0 Å². The second-order valence-electron chi connectivity index (χ2n) is 3.56. The van der Waals surface area contributed by atoms with Crippen molar-refractivity contribution in [2.75, 3.05) is 19.9 Å². The first-order valence-electron chi connectivity index (χ1n) is 5.23. The molecule has 1 heterocycles. The van der Waals surface area contributed by atoms with Crippen molar-refractivity contribution < 1.29 is 4.74 Å². The number of halogens is 1. The fourth-order valence-corrected chi connectivity index (χ4v) is 3.27. The number of thioether (sulfide) groups is 1. The molecule has 0 radical (unpaired) electrons. The van der Waals surface area contributed by atoms with Gasteiger partial charge in [0, 0.05) is 16.7 Å². The Hall–Kier alpha value is 0.290. The van der Waals surface area contributed by atoms with Gasteiger partial charge in [0.05, 0.1) is 11.6 Å². The van der Waals surface area contributed by atoms with Gasteiger partial charge in [0.25, 0.3) is 0 Å². The minimum absolute atomic E-state index is 0.733. The Morgan fingerprint density at radius 1 is 1.62 bits per heavy atom. The van der Waals surface area contributed by atoms with Gasteiger partial charge in [-0.05, 0) is 41.2 Å². The molecule has 0 fully saturated rings. The largest absolute Gasteiger partial charge is 0.486 e. The highest BCUT2D eigenvalue weighted by molar-refractivity contribution is 9.10. The van der Waals surface area contributed by atoms with Crippen LogP contribution in [-0.2, 0) is 6.54 Å². The van der Waals surface area contributed by atoms with Gasteiger partial charge < -0.3 is 10.1 Å². The molecular formula is C11H18BrNOS2. The van der Waals surface area contributed by atoms with Crippen LogP contribution in [0.5, 0.6) is 5.06 Å². The summed E-state index contributed by atoms with van der Waals surface area (Å²) in [7, 11) is 1.70. The van der Waals surface area contributed by atoms with Gasteiger partial charge in [-0.1, -0.05) is 6.92 Å². The monoisotopic (exact) mass is 323 g/mol. The van der Waals surface area contributed by atoms with E-state index in [1.807, 2.05) is 11.8 Å². The van der Waals surface area contributed by atoms with Crippen LogP contribution in [0.1, 0.15) is 18.2 Å². The van der Waals surface area contributed by atoms with E-state index in [9.17, 15) is 0 Å². The van der Waals surface area contributed by atoms with E-state index in [4.69, 9.17) is 4.74 Å². The van der Waals surface area contributed by atoms with Crippen LogP contribution in [0.3, 0.4) is 0 Å². The summed E-state index contributed by atoms with van der Waals surface area (Å²) in [4.78, 5) is 1.31. The van der Waals surface area contributed by atoms with Crippen LogP contribution in [0.15, 0.2) is 10.5 Å². The summed E-state index contributed by atoms with van der Waals surface area (Å²) in [5.41, 5.74) is 0. The van der Waals surface area contributed by atoms with Gasteiger partial charge in [-0.2, -0.15) is 11.8 Å². The van der Waals surface area contributed by atoms with Gasteiger partial charge >= 0.3 is 0 Å². The molecule has 2 nitrogen and oxygen atoms in total. The first-order valence-corrected chi connectivity index (χ1v) is 8.12. The summed E-state index contributed by atoms with van der Waals surface area (Å²) < 4.78 is 6.28. The van der Waals surface area contributed by atoms with E-state index in [0.717, 1.165) is 27.9 Å². The second kappa shape index (κ2) is 7.58. The van der Waals surface area contributed by atoms with Crippen LogP contribution < -0.4 is 10.1 Å². The first kappa shape index (κ1) is 14.4. The van der Waals surface area contributed by atoms with E-state index < -0.39 is 0 Å². The summed E-state index contributed by atoms with van der Waals surface area (Å²) in [6, 6.07) is 2.12. The molecule has 1 N–H and O–H groups in total. The van der Waals surface area contributed by atoms with E-state index in [2.05, 4.69) is 40.5 Å². The lowest BCUT2D eigenvalue weighted by Crippen LogP contribution is -2.16. The predicted molar refractivity (Wildman–Crippen MR) is 77.9 cm³/mol.